The first-order valence-electron chi connectivity index (χ1n) is 6.80. The van der Waals surface area contributed by atoms with Gasteiger partial charge < -0.3 is 20.6 Å². The Bertz CT molecular complexity index is 620. The van der Waals surface area contributed by atoms with Crippen molar-refractivity contribution in [1.82, 2.24) is 10.6 Å². The third-order valence-corrected chi connectivity index (χ3v) is 3.79. The van der Waals surface area contributed by atoms with Gasteiger partial charge in [0.2, 0.25) is 0 Å². The molecule has 8 heteroatoms. The summed E-state index contributed by atoms with van der Waals surface area (Å²) >= 11 is 3.33. The van der Waals surface area contributed by atoms with Gasteiger partial charge in [-0.3, -0.25) is 14.4 Å². The molecule has 1 aliphatic rings. The summed E-state index contributed by atoms with van der Waals surface area (Å²) in [5.41, 5.74) is 1.36. The molecule has 0 aliphatic carbocycles. The summed E-state index contributed by atoms with van der Waals surface area (Å²) in [5, 5.41) is 13.3. The van der Waals surface area contributed by atoms with Crippen LogP contribution in [-0.4, -0.2) is 42.5 Å². The van der Waals surface area contributed by atoms with E-state index in [0.29, 0.717) is 12.1 Å². The van der Waals surface area contributed by atoms with Crippen LogP contribution >= 0.6 is 15.9 Å². The number of carbonyl (C=O) groups is 3. The minimum Gasteiger partial charge on any atom is -0.395 e. The Labute approximate surface area is 135 Å². The zero-order valence-corrected chi connectivity index (χ0v) is 13.5. The van der Waals surface area contributed by atoms with Crippen molar-refractivity contribution in [3.63, 3.8) is 0 Å². The van der Waals surface area contributed by atoms with Crippen LogP contribution in [0.4, 0.5) is 5.69 Å². The zero-order chi connectivity index (χ0) is 16.3. The van der Waals surface area contributed by atoms with Gasteiger partial charge in [0, 0.05) is 28.8 Å². The van der Waals surface area contributed by atoms with Gasteiger partial charge >= 0.3 is 11.8 Å². The lowest BCUT2D eigenvalue weighted by atomic mass is 10.1. The Hall–Kier alpha value is -1.93. The summed E-state index contributed by atoms with van der Waals surface area (Å²) in [7, 11) is 0. The van der Waals surface area contributed by atoms with E-state index in [-0.39, 0.29) is 19.1 Å². The molecule has 0 radical (unpaired) electrons. The van der Waals surface area contributed by atoms with Gasteiger partial charge in [-0.2, -0.15) is 0 Å². The first-order chi connectivity index (χ1) is 10.5. The van der Waals surface area contributed by atoms with E-state index in [2.05, 4.69) is 26.6 Å². The number of hydrogen-bond acceptors (Lipinski definition) is 4. The predicted molar refractivity (Wildman–Crippen MR) is 83.1 cm³/mol. The molecule has 0 fully saturated rings. The van der Waals surface area contributed by atoms with Gasteiger partial charge in [0.15, 0.2) is 0 Å². The number of likely N-dealkylation sites (N-methyl/N-ethyl adjacent to an activating group) is 1. The van der Waals surface area contributed by atoms with Crippen molar-refractivity contribution < 1.29 is 19.5 Å². The Balaban J connectivity index is 2.21. The van der Waals surface area contributed by atoms with Gasteiger partial charge in [-0.05, 0) is 25.1 Å². The van der Waals surface area contributed by atoms with Crippen LogP contribution in [0.15, 0.2) is 22.7 Å². The fraction of sp³-hybridized carbons (Fsp3) is 0.357. The van der Waals surface area contributed by atoms with E-state index in [4.69, 9.17) is 5.11 Å². The Morgan fingerprint density at radius 1 is 1.36 bits per heavy atom. The number of aliphatic hydroxyl groups is 1. The average Bonchev–Trinajstić information content (AvgIpc) is 2.76. The van der Waals surface area contributed by atoms with E-state index in [9.17, 15) is 14.4 Å². The van der Waals surface area contributed by atoms with Crippen LogP contribution in [-0.2, 0) is 14.4 Å². The number of halogens is 1. The third kappa shape index (κ3) is 3.12. The lowest BCUT2D eigenvalue weighted by Gasteiger charge is -2.15. The molecular formula is C14H16BrN3O4. The van der Waals surface area contributed by atoms with Crippen LogP contribution in [0.1, 0.15) is 18.5 Å². The van der Waals surface area contributed by atoms with Crippen LogP contribution in [0, 0.1) is 0 Å². The number of aliphatic hydroxyl groups excluding tert-OH is 1. The minimum atomic E-state index is -0.907. The van der Waals surface area contributed by atoms with Crippen molar-refractivity contribution in [2.45, 2.75) is 13.0 Å². The van der Waals surface area contributed by atoms with Crippen molar-refractivity contribution in [2.24, 2.45) is 0 Å². The highest BCUT2D eigenvalue weighted by atomic mass is 79.9. The van der Waals surface area contributed by atoms with Crippen molar-refractivity contribution >= 4 is 39.3 Å². The Morgan fingerprint density at radius 2 is 2.09 bits per heavy atom. The number of amides is 3. The second-order valence-electron chi connectivity index (χ2n) is 4.67. The van der Waals surface area contributed by atoms with Crippen molar-refractivity contribution in [2.75, 3.05) is 24.6 Å². The Kier molecular flexibility index (Phi) is 5.15. The van der Waals surface area contributed by atoms with Crippen molar-refractivity contribution in [3.05, 3.63) is 28.2 Å². The largest absolute Gasteiger partial charge is 0.395 e. The van der Waals surface area contributed by atoms with Gasteiger partial charge in [0.25, 0.3) is 5.91 Å². The average molecular weight is 370 g/mol. The van der Waals surface area contributed by atoms with Gasteiger partial charge in [-0.25, -0.2) is 0 Å². The van der Waals surface area contributed by atoms with Crippen molar-refractivity contribution in [3.8, 4) is 0 Å². The van der Waals surface area contributed by atoms with Crippen LogP contribution in [0.3, 0.4) is 0 Å². The molecule has 3 N–H and O–H groups in total. The van der Waals surface area contributed by atoms with Crippen LogP contribution in [0.25, 0.3) is 0 Å². The monoisotopic (exact) mass is 369 g/mol. The van der Waals surface area contributed by atoms with E-state index in [1.165, 1.54) is 0 Å². The minimum absolute atomic E-state index is 0.0198. The molecule has 1 heterocycles. The molecule has 2 rings (SSSR count). The third-order valence-electron chi connectivity index (χ3n) is 3.30. The van der Waals surface area contributed by atoms with Gasteiger partial charge in [-0.15, -0.1) is 0 Å². The number of hydrogen-bond donors (Lipinski definition) is 3. The van der Waals surface area contributed by atoms with Gasteiger partial charge in [0.1, 0.15) is 6.04 Å². The maximum absolute atomic E-state index is 12.4. The zero-order valence-electron chi connectivity index (χ0n) is 11.9. The lowest BCUT2D eigenvalue weighted by Crippen LogP contribution is -2.45. The normalized spacial score (nSPS) is 16.4. The molecule has 1 aromatic carbocycles. The molecule has 1 aliphatic heterocycles. The topological polar surface area (TPSA) is 98.7 Å². The van der Waals surface area contributed by atoms with E-state index < -0.39 is 17.9 Å². The molecule has 3 amide bonds. The van der Waals surface area contributed by atoms with Gasteiger partial charge in [-0.1, -0.05) is 15.9 Å². The van der Waals surface area contributed by atoms with Crippen LogP contribution in [0.2, 0.25) is 0 Å². The summed E-state index contributed by atoms with van der Waals surface area (Å²) in [6, 6.07) is 4.46. The SMILES string of the molecule is CCN1C(=O)[C@@H](NC(=O)C(=O)NCCO)c2cc(Br)ccc21. The molecule has 118 valence electrons. The quantitative estimate of drug-likeness (QED) is 0.654. The smallest absolute Gasteiger partial charge is 0.310 e. The highest BCUT2D eigenvalue weighted by Crippen LogP contribution is 2.37. The molecule has 1 atom stereocenters. The highest BCUT2D eigenvalue weighted by Gasteiger charge is 2.38. The molecule has 0 bridgehead atoms. The van der Waals surface area contributed by atoms with Crippen LogP contribution < -0.4 is 15.5 Å². The predicted octanol–water partition coefficient (Wildman–Crippen LogP) is 0.0814. The number of nitrogens with zero attached hydrogens (tertiary/aromatic N) is 1. The molecule has 0 saturated carbocycles. The fourth-order valence-electron chi connectivity index (χ4n) is 2.32. The lowest BCUT2D eigenvalue weighted by molar-refractivity contribution is -0.140. The summed E-state index contributed by atoms with van der Waals surface area (Å²) in [6.07, 6.45) is 0. The van der Waals surface area contributed by atoms with Crippen LogP contribution in [0.5, 0.6) is 0 Å². The molecule has 0 saturated heterocycles. The van der Waals surface area contributed by atoms with E-state index in [1.807, 2.05) is 13.0 Å². The maximum Gasteiger partial charge on any atom is 0.310 e. The molecule has 1 aromatic rings. The van der Waals surface area contributed by atoms with Crippen molar-refractivity contribution in [1.29, 1.82) is 0 Å². The molecule has 7 nitrogen and oxygen atoms in total. The Morgan fingerprint density at radius 3 is 2.73 bits per heavy atom. The fourth-order valence-corrected chi connectivity index (χ4v) is 2.70. The number of carbonyl (C=O) groups excluding carboxylic acids is 3. The maximum atomic E-state index is 12.4. The number of benzene rings is 1. The number of anilines is 1. The number of nitrogens with one attached hydrogen (secondary N) is 2. The second-order valence-corrected chi connectivity index (χ2v) is 5.59. The first-order valence-corrected chi connectivity index (χ1v) is 7.59. The molecule has 0 spiro atoms. The summed E-state index contributed by atoms with van der Waals surface area (Å²) < 4.78 is 0.779. The van der Waals surface area contributed by atoms with E-state index in [0.717, 1.165) is 10.2 Å². The highest BCUT2D eigenvalue weighted by molar-refractivity contribution is 9.10. The molecular weight excluding hydrogens is 354 g/mol. The summed E-state index contributed by atoms with van der Waals surface area (Å²) in [5.74, 6) is -2.07. The summed E-state index contributed by atoms with van der Waals surface area (Å²) in [6.45, 7) is 2.02. The molecule has 22 heavy (non-hydrogen) atoms. The van der Waals surface area contributed by atoms with E-state index in [1.54, 1.807) is 17.0 Å². The first kappa shape index (κ1) is 16.4. The molecule has 0 aromatic heterocycles. The number of rotatable bonds is 4. The summed E-state index contributed by atoms with van der Waals surface area (Å²) in [4.78, 5) is 37.4. The number of fused-ring (bicyclic) bond motifs is 1. The standard InChI is InChI=1S/C14H16BrN3O4/c1-2-18-10-4-3-8(15)7-9(10)11(14(18)22)17-13(21)12(20)16-5-6-19/h3-4,7,11,19H,2,5-6H2,1H3,(H,16,20)(H,17,21)/t11-/m0/s1. The second kappa shape index (κ2) is 6.89. The molecule has 0 unspecified atom stereocenters. The van der Waals surface area contributed by atoms with Gasteiger partial charge in [0.05, 0.1) is 6.61 Å². The van der Waals surface area contributed by atoms with E-state index >= 15 is 0 Å².